The molecule has 1 atom stereocenters. The van der Waals surface area contributed by atoms with Gasteiger partial charge >= 0.3 is 0 Å². The molecular formula is C30H28N4O2. The number of aliphatic hydroxyl groups excluding tert-OH is 1. The van der Waals surface area contributed by atoms with E-state index in [1.54, 1.807) is 11.2 Å². The Labute approximate surface area is 210 Å². The fourth-order valence-corrected chi connectivity index (χ4v) is 5.35. The number of amides is 1. The van der Waals surface area contributed by atoms with Crippen LogP contribution in [0.2, 0.25) is 0 Å². The Bertz CT molecular complexity index is 1540. The van der Waals surface area contributed by atoms with Gasteiger partial charge in [0.2, 0.25) is 0 Å². The van der Waals surface area contributed by atoms with Crippen LogP contribution in [-0.4, -0.2) is 49.7 Å². The predicted octanol–water partition coefficient (Wildman–Crippen LogP) is 4.86. The van der Waals surface area contributed by atoms with E-state index in [1.807, 2.05) is 70.8 Å². The first-order chi connectivity index (χ1) is 17.6. The highest BCUT2D eigenvalue weighted by Gasteiger charge is 2.30. The van der Waals surface area contributed by atoms with Gasteiger partial charge in [0.15, 0.2) is 0 Å². The van der Waals surface area contributed by atoms with Crippen molar-refractivity contribution in [2.75, 3.05) is 13.6 Å². The molecule has 0 bridgehead atoms. The smallest absolute Gasteiger partial charge is 0.270 e. The number of fused-ring (bicyclic) bond motifs is 3. The summed E-state index contributed by atoms with van der Waals surface area (Å²) in [6.45, 7) is 1.39. The minimum absolute atomic E-state index is 0.0126. The predicted molar refractivity (Wildman–Crippen MR) is 142 cm³/mol. The third-order valence-electron chi connectivity index (χ3n) is 7.06. The Morgan fingerprint density at radius 3 is 2.28 bits per heavy atom. The SMILES string of the molecule is CN1CCc2c(n(C[C@H](O)Cn3cnc(-c4ccccc4)c3-c3ccccc3)c3ccccc23)C1=O. The van der Waals surface area contributed by atoms with Crippen LogP contribution in [0.15, 0.2) is 91.3 Å². The maximum Gasteiger partial charge on any atom is 0.270 e. The number of rotatable bonds is 6. The maximum absolute atomic E-state index is 13.2. The molecular weight excluding hydrogens is 448 g/mol. The molecule has 0 saturated carbocycles. The molecule has 0 aliphatic carbocycles. The number of aromatic nitrogens is 3. The summed E-state index contributed by atoms with van der Waals surface area (Å²) in [5.74, 6) is 0.0126. The van der Waals surface area contributed by atoms with Gasteiger partial charge < -0.3 is 19.1 Å². The first-order valence-electron chi connectivity index (χ1n) is 12.3. The molecule has 180 valence electrons. The number of nitrogens with zero attached hydrogens (tertiary/aromatic N) is 4. The van der Waals surface area contributed by atoms with Crippen molar-refractivity contribution in [3.05, 3.63) is 103 Å². The monoisotopic (exact) mass is 476 g/mol. The fourth-order valence-electron chi connectivity index (χ4n) is 5.35. The zero-order chi connectivity index (χ0) is 24.6. The second kappa shape index (κ2) is 9.13. The van der Waals surface area contributed by atoms with E-state index in [2.05, 4.69) is 30.3 Å². The molecule has 6 nitrogen and oxygen atoms in total. The average Bonchev–Trinajstić information content (AvgIpc) is 3.47. The lowest BCUT2D eigenvalue weighted by Gasteiger charge is -2.25. The van der Waals surface area contributed by atoms with E-state index in [0.29, 0.717) is 25.3 Å². The molecule has 3 aromatic carbocycles. The van der Waals surface area contributed by atoms with Crippen LogP contribution < -0.4 is 0 Å². The Morgan fingerprint density at radius 2 is 1.53 bits per heavy atom. The average molecular weight is 477 g/mol. The standard InChI is InChI=1S/C30H28N4O2/c1-32-17-16-25-24-14-8-9-15-26(24)34(29(25)30(32)36)19-23(35)18-33-20-31-27(21-10-4-2-5-11-21)28(33)22-12-6-3-7-13-22/h2-15,20,23,35H,16-19H2,1H3/t23-/m1/s1. The number of carbonyl (C=O) groups is 1. The summed E-state index contributed by atoms with van der Waals surface area (Å²) < 4.78 is 4.03. The third kappa shape index (κ3) is 3.80. The Balaban J connectivity index is 1.38. The number of para-hydroxylation sites is 1. The van der Waals surface area contributed by atoms with Crippen molar-refractivity contribution in [1.29, 1.82) is 0 Å². The molecule has 1 aliphatic rings. The van der Waals surface area contributed by atoms with Crippen molar-refractivity contribution in [3.8, 4) is 22.5 Å². The van der Waals surface area contributed by atoms with Crippen LogP contribution in [0.25, 0.3) is 33.4 Å². The van der Waals surface area contributed by atoms with Crippen LogP contribution in [0.5, 0.6) is 0 Å². The van der Waals surface area contributed by atoms with Gasteiger partial charge in [-0.15, -0.1) is 0 Å². The van der Waals surface area contributed by atoms with E-state index in [1.165, 1.54) is 0 Å². The number of likely N-dealkylation sites (N-methyl/N-ethyl adjacent to an activating group) is 1. The first kappa shape index (κ1) is 22.3. The van der Waals surface area contributed by atoms with Crippen LogP contribution in [0.3, 0.4) is 0 Å². The molecule has 0 spiro atoms. The Kier molecular flexibility index (Phi) is 5.66. The number of aliphatic hydroxyl groups is 1. The molecule has 2 aromatic heterocycles. The van der Waals surface area contributed by atoms with Crippen molar-refractivity contribution >= 4 is 16.8 Å². The van der Waals surface area contributed by atoms with Gasteiger partial charge in [0.05, 0.1) is 36.9 Å². The van der Waals surface area contributed by atoms with Crippen molar-refractivity contribution in [3.63, 3.8) is 0 Å². The van der Waals surface area contributed by atoms with Gasteiger partial charge in [0.1, 0.15) is 5.69 Å². The number of carbonyl (C=O) groups excluding carboxylic acids is 1. The first-order valence-corrected chi connectivity index (χ1v) is 12.3. The van der Waals surface area contributed by atoms with Crippen molar-refractivity contribution < 1.29 is 9.90 Å². The molecule has 0 radical (unpaired) electrons. The van der Waals surface area contributed by atoms with Gasteiger partial charge in [-0.2, -0.15) is 0 Å². The summed E-state index contributed by atoms with van der Waals surface area (Å²) in [6, 6.07) is 28.4. The summed E-state index contributed by atoms with van der Waals surface area (Å²) in [5.41, 5.74) is 6.70. The van der Waals surface area contributed by atoms with Gasteiger partial charge in [0.25, 0.3) is 5.91 Å². The zero-order valence-electron chi connectivity index (χ0n) is 20.2. The molecule has 0 saturated heterocycles. The molecule has 3 heterocycles. The summed E-state index contributed by atoms with van der Waals surface area (Å²) in [4.78, 5) is 19.7. The molecule has 5 aromatic rings. The van der Waals surface area contributed by atoms with E-state index in [4.69, 9.17) is 4.98 Å². The normalized spacial score (nSPS) is 14.3. The van der Waals surface area contributed by atoms with Gasteiger partial charge in [-0.1, -0.05) is 78.9 Å². The lowest BCUT2D eigenvalue weighted by Crippen LogP contribution is -2.36. The van der Waals surface area contributed by atoms with Crippen LogP contribution in [0, 0.1) is 0 Å². The van der Waals surface area contributed by atoms with Gasteiger partial charge in [-0.3, -0.25) is 4.79 Å². The number of hydrogen-bond acceptors (Lipinski definition) is 3. The van der Waals surface area contributed by atoms with Crippen molar-refractivity contribution in [2.24, 2.45) is 0 Å². The van der Waals surface area contributed by atoms with Gasteiger partial charge in [0, 0.05) is 35.6 Å². The molecule has 6 rings (SSSR count). The van der Waals surface area contributed by atoms with Crippen LogP contribution in [0.4, 0.5) is 0 Å². The molecule has 36 heavy (non-hydrogen) atoms. The molecule has 0 fully saturated rings. The van der Waals surface area contributed by atoms with E-state index in [9.17, 15) is 9.90 Å². The zero-order valence-corrected chi connectivity index (χ0v) is 20.2. The molecule has 1 N–H and O–H groups in total. The number of hydrogen-bond donors (Lipinski definition) is 1. The molecule has 0 unspecified atom stereocenters. The largest absolute Gasteiger partial charge is 0.389 e. The Morgan fingerprint density at radius 1 is 0.861 bits per heavy atom. The number of imidazole rings is 1. The Hall–Kier alpha value is -4.16. The second-order valence-corrected chi connectivity index (χ2v) is 9.41. The summed E-state index contributed by atoms with van der Waals surface area (Å²) in [7, 11) is 1.84. The number of benzene rings is 3. The van der Waals surface area contributed by atoms with Crippen molar-refractivity contribution in [1.82, 2.24) is 19.0 Å². The molecule has 6 heteroatoms. The highest BCUT2D eigenvalue weighted by molar-refractivity contribution is 6.02. The summed E-state index contributed by atoms with van der Waals surface area (Å²) in [6.07, 6.45) is 1.90. The topological polar surface area (TPSA) is 63.3 Å². The second-order valence-electron chi connectivity index (χ2n) is 9.41. The summed E-state index contributed by atoms with van der Waals surface area (Å²) in [5, 5.41) is 12.4. The van der Waals surface area contributed by atoms with E-state index in [0.717, 1.165) is 45.4 Å². The van der Waals surface area contributed by atoms with E-state index in [-0.39, 0.29) is 5.91 Å². The van der Waals surface area contributed by atoms with Gasteiger partial charge in [-0.05, 0) is 18.1 Å². The minimum Gasteiger partial charge on any atom is -0.389 e. The van der Waals surface area contributed by atoms with Gasteiger partial charge in [-0.25, -0.2) is 4.98 Å². The van der Waals surface area contributed by atoms with E-state index >= 15 is 0 Å². The van der Waals surface area contributed by atoms with E-state index < -0.39 is 6.10 Å². The molecule has 1 aliphatic heterocycles. The van der Waals surface area contributed by atoms with Crippen LogP contribution in [0.1, 0.15) is 16.1 Å². The lowest BCUT2D eigenvalue weighted by atomic mass is 10.0. The summed E-state index contributed by atoms with van der Waals surface area (Å²) >= 11 is 0. The molecule has 1 amide bonds. The lowest BCUT2D eigenvalue weighted by molar-refractivity contribution is 0.0762. The minimum atomic E-state index is -0.717. The fraction of sp³-hybridized carbons (Fsp3) is 0.200. The third-order valence-corrected chi connectivity index (χ3v) is 7.06. The highest BCUT2D eigenvalue weighted by atomic mass is 16.3. The van der Waals surface area contributed by atoms with Crippen LogP contribution >= 0.6 is 0 Å². The van der Waals surface area contributed by atoms with Crippen LogP contribution in [-0.2, 0) is 19.5 Å². The maximum atomic E-state index is 13.2. The quantitative estimate of drug-likeness (QED) is 0.381. The highest BCUT2D eigenvalue weighted by Crippen LogP contribution is 2.33. The van der Waals surface area contributed by atoms with Crippen molar-refractivity contribution in [2.45, 2.75) is 25.6 Å².